The van der Waals surface area contributed by atoms with E-state index in [0.29, 0.717) is 0 Å². The number of hydrogen-bond donors (Lipinski definition) is 0. The van der Waals surface area contributed by atoms with Gasteiger partial charge in [-0.3, -0.25) is 0 Å². The van der Waals surface area contributed by atoms with Gasteiger partial charge in [-0.15, -0.1) is 0 Å². The van der Waals surface area contributed by atoms with Crippen LogP contribution in [-0.4, -0.2) is 32.4 Å². The summed E-state index contributed by atoms with van der Waals surface area (Å²) in [4.78, 5) is 1.89. The topological polar surface area (TPSA) is 3.24 Å². The van der Waals surface area contributed by atoms with E-state index in [4.69, 9.17) is 0 Å². The van der Waals surface area contributed by atoms with Crippen LogP contribution in [0.25, 0.3) is 0 Å². The van der Waals surface area contributed by atoms with Crippen LogP contribution < -0.4 is 0 Å². The number of hydrogen-bond acceptors (Lipinski definition) is 1. The molecule has 1 nitrogen and oxygen atoms in total. The molecule has 0 aromatic heterocycles. The molecule has 0 spiro atoms. The van der Waals surface area contributed by atoms with E-state index in [1.165, 1.54) is 0 Å². The molecule has 0 N–H and O–H groups in total. The zero-order chi connectivity index (χ0) is 4.28. The molecule has 0 amide bonds. The molecule has 36 valence electrons. The summed E-state index contributed by atoms with van der Waals surface area (Å²) in [6, 6.07) is 0. The molecule has 0 radical (unpaired) electrons. The summed E-state index contributed by atoms with van der Waals surface area (Å²) in [6.45, 7) is 3.49. The number of nitrogens with zero attached hydrogens (tertiary/aromatic N) is 1. The number of rotatable bonds is 1. The van der Waals surface area contributed by atoms with Crippen LogP contribution in [0.3, 0.4) is 0 Å². The molecule has 0 aliphatic rings. The first kappa shape index (κ1) is 9.22. The minimum atomic E-state index is 0. The average molecular weight is 85.0 g/mol. The fourth-order valence-electron chi connectivity index (χ4n) is 0. The second-order valence-electron chi connectivity index (χ2n) is 1.15. The van der Waals surface area contributed by atoms with Crippen molar-refractivity contribution in [1.82, 2.24) is 4.81 Å². The third-order valence-corrected chi connectivity index (χ3v) is 0.365. The van der Waals surface area contributed by atoms with Gasteiger partial charge in [0.25, 0.3) is 0 Å². The summed E-state index contributed by atoms with van der Waals surface area (Å²) >= 11 is 0. The molecule has 0 aromatic carbocycles. The predicted molar refractivity (Wildman–Crippen MR) is 33.3 cm³/mol. The molecule has 0 rings (SSSR count). The zero-order valence-corrected chi connectivity index (χ0v) is 3.73. The van der Waals surface area contributed by atoms with E-state index in [-0.39, 0.29) is 7.43 Å². The van der Waals surface area contributed by atoms with Crippen molar-refractivity contribution in [2.75, 3.05) is 14.1 Å². The Labute approximate surface area is 40.9 Å². The fraction of sp³-hybridized carbons (Fsp3) is 0.750. The van der Waals surface area contributed by atoms with Crippen molar-refractivity contribution in [2.45, 2.75) is 7.43 Å². The first-order valence-electron chi connectivity index (χ1n) is 1.56. The van der Waals surface area contributed by atoms with Crippen molar-refractivity contribution < 1.29 is 0 Å². The van der Waals surface area contributed by atoms with Gasteiger partial charge >= 0.3 is 32.4 Å². The molecule has 6 heavy (non-hydrogen) atoms. The molecule has 0 aliphatic heterocycles. The van der Waals surface area contributed by atoms with Crippen molar-refractivity contribution >= 4 is 13.5 Å². The van der Waals surface area contributed by atoms with E-state index in [0.717, 1.165) is 0 Å². The van der Waals surface area contributed by atoms with Gasteiger partial charge < -0.3 is 0 Å². The van der Waals surface area contributed by atoms with Crippen LogP contribution in [0.4, 0.5) is 0 Å². The van der Waals surface area contributed by atoms with Crippen molar-refractivity contribution in [3.8, 4) is 0 Å². The maximum atomic E-state index is 3.49. The van der Waals surface area contributed by atoms with Gasteiger partial charge in [-0.2, -0.15) is 0 Å². The van der Waals surface area contributed by atoms with Gasteiger partial charge in [0, 0.05) is 0 Å². The van der Waals surface area contributed by atoms with Crippen molar-refractivity contribution in [3.63, 3.8) is 0 Å². The molecule has 0 heterocycles. The molecule has 0 bridgehead atoms. The van der Waals surface area contributed by atoms with Crippen molar-refractivity contribution in [2.24, 2.45) is 0 Å². The molecule has 2 heteroatoms. The standard InChI is InChI=1S/C3H8BN.CH4/c1-4-5(2)3;/h1H2,2-3H3;1H4. The summed E-state index contributed by atoms with van der Waals surface area (Å²) in [6.07, 6.45) is 0. The first-order valence-corrected chi connectivity index (χ1v) is 1.56. The van der Waals surface area contributed by atoms with Gasteiger partial charge in [0.2, 0.25) is 0 Å². The second kappa shape index (κ2) is 4.73. The Morgan fingerprint density at radius 1 is 1.50 bits per heavy atom. The van der Waals surface area contributed by atoms with Gasteiger partial charge in [-0.25, -0.2) is 0 Å². The maximum absolute atomic E-state index is 3.49. The Bertz CT molecular complexity index is 34.5. The minimum absolute atomic E-state index is 0. The van der Waals surface area contributed by atoms with Gasteiger partial charge in [-0.05, 0) is 0 Å². The van der Waals surface area contributed by atoms with Crippen LogP contribution >= 0.6 is 0 Å². The third-order valence-electron chi connectivity index (χ3n) is 0.365. The molecule has 0 unspecified atom stereocenters. The van der Waals surface area contributed by atoms with Crippen LogP contribution in [0.15, 0.2) is 0 Å². The molecule has 0 saturated heterocycles. The average Bonchev–Trinajstić information content (AvgIpc) is 1.38. The van der Waals surface area contributed by atoms with Crippen LogP contribution in [0.1, 0.15) is 7.43 Å². The summed E-state index contributed by atoms with van der Waals surface area (Å²) < 4.78 is 0. The summed E-state index contributed by atoms with van der Waals surface area (Å²) in [5.41, 5.74) is 0. The second-order valence-corrected chi connectivity index (χ2v) is 1.15. The summed E-state index contributed by atoms with van der Waals surface area (Å²) in [5, 5.41) is 0. The van der Waals surface area contributed by atoms with E-state index in [1.54, 1.807) is 7.06 Å². The molecular formula is C4H12BN. The van der Waals surface area contributed by atoms with E-state index < -0.39 is 0 Å². The molecular weight excluding hydrogens is 72.9 g/mol. The fourth-order valence-corrected chi connectivity index (χ4v) is 0. The third kappa shape index (κ3) is 9.28. The Morgan fingerprint density at radius 2 is 1.67 bits per heavy atom. The molecule has 0 atom stereocenters. The summed E-state index contributed by atoms with van der Waals surface area (Å²) in [5.74, 6) is 0. The van der Waals surface area contributed by atoms with E-state index in [9.17, 15) is 0 Å². The van der Waals surface area contributed by atoms with Gasteiger partial charge in [0.1, 0.15) is 0 Å². The van der Waals surface area contributed by atoms with Gasteiger partial charge in [0.05, 0.1) is 0 Å². The van der Waals surface area contributed by atoms with Crippen LogP contribution in [0, 0.1) is 0 Å². The Morgan fingerprint density at radius 3 is 1.67 bits per heavy atom. The van der Waals surface area contributed by atoms with E-state index in [2.05, 4.69) is 6.47 Å². The van der Waals surface area contributed by atoms with Crippen LogP contribution in [0.2, 0.25) is 0 Å². The SMILES string of the molecule is C.C=BN(C)C. The predicted octanol–water partition coefficient (Wildman–Crippen LogP) is 0.235. The Hall–Kier alpha value is -0.265. The van der Waals surface area contributed by atoms with Crippen molar-refractivity contribution in [1.29, 1.82) is 0 Å². The van der Waals surface area contributed by atoms with E-state index in [1.807, 2.05) is 18.9 Å². The quantitative estimate of drug-likeness (QED) is 0.412. The van der Waals surface area contributed by atoms with Gasteiger partial charge in [-0.1, -0.05) is 7.43 Å². The Balaban J connectivity index is 0. The van der Waals surface area contributed by atoms with Crippen molar-refractivity contribution in [3.05, 3.63) is 0 Å². The molecule has 0 aliphatic carbocycles. The monoisotopic (exact) mass is 85.1 g/mol. The molecule has 0 aromatic rings. The summed E-state index contributed by atoms with van der Waals surface area (Å²) in [7, 11) is 5.62. The van der Waals surface area contributed by atoms with Gasteiger partial charge in [0.15, 0.2) is 0 Å². The van der Waals surface area contributed by atoms with Crippen LogP contribution in [-0.2, 0) is 0 Å². The normalized spacial score (nSPS) is 5.00. The van der Waals surface area contributed by atoms with E-state index >= 15 is 0 Å². The zero-order valence-electron chi connectivity index (χ0n) is 3.73. The molecule has 0 fully saturated rings. The van der Waals surface area contributed by atoms with Crippen LogP contribution in [0.5, 0.6) is 0 Å². The molecule has 0 saturated carbocycles. The Kier molecular flexibility index (Phi) is 7.27. The first-order chi connectivity index (χ1) is 2.27.